The third-order valence-electron chi connectivity index (χ3n) is 6.29. The van der Waals surface area contributed by atoms with Crippen molar-refractivity contribution in [3.05, 3.63) is 110 Å². The van der Waals surface area contributed by atoms with E-state index in [0.717, 1.165) is 32.5 Å². The SMILES string of the molecule is Cc1ccc(S(=O)(=O)N(CC(=O)N/N=C\c2cc(C)n(-c3cc(Cl)cc(Cl)c3)c2C)c2ccc(Cl)cc2C)cc1. The molecule has 0 saturated heterocycles. The normalized spacial score (nSPS) is 11.7. The molecule has 1 N–H and O–H groups in total. The van der Waals surface area contributed by atoms with Gasteiger partial charge in [0.2, 0.25) is 0 Å². The number of anilines is 1. The van der Waals surface area contributed by atoms with E-state index in [0.29, 0.717) is 26.3 Å². The standard InChI is InChI=1S/C29H27Cl3N4O3S/c1-18-5-8-27(9-6-18)40(38,39)35(28-10-7-23(30)11-19(28)2)17-29(37)34-33-16-22-12-20(3)36(21(22)4)26-14-24(31)13-25(32)15-26/h5-16H,17H2,1-4H3,(H,34,37)/b33-16-. The van der Waals surface area contributed by atoms with Gasteiger partial charge in [-0.2, -0.15) is 5.10 Å². The fourth-order valence-electron chi connectivity index (χ4n) is 4.36. The second-order valence-corrected chi connectivity index (χ2v) is 12.5. The van der Waals surface area contributed by atoms with Crippen molar-refractivity contribution in [3.63, 3.8) is 0 Å². The van der Waals surface area contributed by atoms with Gasteiger partial charge in [0.1, 0.15) is 6.54 Å². The zero-order valence-corrected chi connectivity index (χ0v) is 25.3. The van der Waals surface area contributed by atoms with Crippen LogP contribution < -0.4 is 9.73 Å². The van der Waals surface area contributed by atoms with Gasteiger partial charge in [-0.15, -0.1) is 0 Å². The largest absolute Gasteiger partial charge is 0.318 e. The van der Waals surface area contributed by atoms with Gasteiger partial charge in [0.15, 0.2) is 0 Å². The van der Waals surface area contributed by atoms with Crippen molar-refractivity contribution in [2.24, 2.45) is 5.10 Å². The van der Waals surface area contributed by atoms with Crippen LogP contribution in [0.4, 0.5) is 5.69 Å². The molecule has 0 aliphatic heterocycles. The Morgan fingerprint density at radius 2 is 1.55 bits per heavy atom. The van der Waals surface area contributed by atoms with E-state index in [-0.39, 0.29) is 4.90 Å². The van der Waals surface area contributed by atoms with Crippen molar-refractivity contribution in [1.29, 1.82) is 0 Å². The average molecular weight is 618 g/mol. The van der Waals surface area contributed by atoms with E-state index in [2.05, 4.69) is 10.5 Å². The number of amides is 1. The Labute approximate surface area is 249 Å². The molecule has 208 valence electrons. The van der Waals surface area contributed by atoms with Crippen LogP contribution in [0.1, 0.15) is 28.1 Å². The quantitative estimate of drug-likeness (QED) is 0.170. The minimum atomic E-state index is -4.07. The molecule has 0 unspecified atom stereocenters. The highest BCUT2D eigenvalue weighted by Crippen LogP contribution is 2.29. The van der Waals surface area contributed by atoms with Crippen LogP contribution in [0.2, 0.25) is 15.1 Å². The number of sulfonamides is 1. The first-order valence-corrected chi connectivity index (χ1v) is 14.8. The lowest BCUT2D eigenvalue weighted by Crippen LogP contribution is -2.40. The Balaban J connectivity index is 1.58. The van der Waals surface area contributed by atoms with Gasteiger partial charge in [0.25, 0.3) is 15.9 Å². The van der Waals surface area contributed by atoms with Gasteiger partial charge < -0.3 is 4.57 Å². The predicted octanol–water partition coefficient (Wildman–Crippen LogP) is 7.02. The molecule has 0 saturated carbocycles. The molecule has 1 amide bonds. The van der Waals surface area contributed by atoms with Gasteiger partial charge in [0.05, 0.1) is 16.8 Å². The van der Waals surface area contributed by atoms with E-state index in [4.69, 9.17) is 34.8 Å². The number of hydrogen-bond donors (Lipinski definition) is 1. The number of aryl methyl sites for hydroxylation is 3. The van der Waals surface area contributed by atoms with Gasteiger partial charge in [-0.3, -0.25) is 9.10 Å². The van der Waals surface area contributed by atoms with E-state index >= 15 is 0 Å². The number of nitrogens with zero attached hydrogens (tertiary/aromatic N) is 3. The van der Waals surface area contributed by atoms with Crippen molar-refractivity contribution in [3.8, 4) is 5.69 Å². The monoisotopic (exact) mass is 616 g/mol. The Hall–Kier alpha value is -3.30. The first-order valence-electron chi connectivity index (χ1n) is 12.2. The summed E-state index contributed by atoms with van der Waals surface area (Å²) in [4.78, 5) is 13.1. The van der Waals surface area contributed by atoms with E-state index in [9.17, 15) is 13.2 Å². The van der Waals surface area contributed by atoms with Gasteiger partial charge in [0, 0.05) is 37.7 Å². The molecule has 7 nitrogen and oxygen atoms in total. The molecule has 0 fully saturated rings. The lowest BCUT2D eigenvalue weighted by molar-refractivity contribution is -0.119. The van der Waals surface area contributed by atoms with Crippen LogP contribution in [0, 0.1) is 27.7 Å². The molecule has 0 radical (unpaired) electrons. The van der Waals surface area contributed by atoms with E-state index in [1.54, 1.807) is 55.5 Å². The Morgan fingerprint density at radius 1 is 0.900 bits per heavy atom. The average Bonchev–Trinajstić information content (AvgIpc) is 3.15. The Morgan fingerprint density at radius 3 is 2.17 bits per heavy atom. The molecule has 1 heterocycles. The minimum absolute atomic E-state index is 0.0670. The maximum Gasteiger partial charge on any atom is 0.264 e. The number of hydrazone groups is 1. The molecule has 1 aromatic heterocycles. The third-order valence-corrected chi connectivity index (χ3v) is 8.74. The summed E-state index contributed by atoms with van der Waals surface area (Å²) in [6, 6.07) is 18.4. The van der Waals surface area contributed by atoms with Crippen LogP contribution in [-0.4, -0.2) is 31.7 Å². The van der Waals surface area contributed by atoms with Crippen molar-refractivity contribution in [2.45, 2.75) is 32.6 Å². The molecule has 0 bridgehead atoms. The summed E-state index contributed by atoms with van der Waals surface area (Å²) in [5, 5.41) is 5.59. The number of aromatic nitrogens is 1. The smallest absolute Gasteiger partial charge is 0.264 e. The van der Waals surface area contributed by atoms with Crippen molar-refractivity contribution in [2.75, 3.05) is 10.8 Å². The van der Waals surface area contributed by atoms with Crippen LogP contribution in [0.25, 0.3) is 5.69 Å². The van der Waals surface area contributed by atoms with Crippen molar-refractivity contribution in [1.82, 2.24) is 9.99 Å². The highest BCUT2D eigenvalue weighted by molar-refractivity contribution is 7.92. The van der Waals surface area contributed by atoms with E-state index < -0.39 is 22.5 Å². The maximum absolute atomic E-state index is 13.6. The van der Waals surface area contributed by atoms with Gasteiger partial charge >= 0.3 is 0 Å². The molecule has 40 heavy (non-hydrogen) atoms. The van der Waals surface area contributed by atoms with E-state index in [1.165, 1.54) is 18.3 Å². The Bertz CT molecular complexity index is 1700. The highest BCUT2D eigenvalue weighted by atomic mass is 35.5. The van der Waals surface area contributed by atoms with Crippen LogP contribution in [-0.2, 0) is 14.8 Å². The summed E-state index contributed by atoms with van der Waals surface area (Å²) < 4.78 is 30.3. The van der Waals surface area contributed by atoms with Gasteiger partial charge in [-0.1, -0.05) is 52.5 Å². The topological polar surface area (TPSA) is 83.8 Å². The van der Waals surface area contributed by atoms with Crippen LogP contribution in [0.5, 0.6) is 0 Å². The van der Waals surface area contributed by atoms with Crippen LogP contribution in [0.3, 0.4) is 0 Å². The second-order valence-electron chi connectivity index (χ2n) is 9.34. The summed E-state index contributed by atoms with van der Waals surface area (Å²) in [6.07, 6.45) is 1.51. The molecule has 4 aromatic rings. The molecule has 11 heteroatoms. The highest BCUT2D eigenvalue weighted by Gasteiger charge is 2.28. The predicted molar refractivity (Wildman–Crippen MR) is 163 cm³/mol. The third kappa shape index (κ3) is 6.53. The van der Waals surface area contributed by atoms with Gasteiger partial charge in [-0.25, -0.2) is 13.8 Å². The van der Waals surface area contributed by atoms with Gasteiger partial charge in [-0.05, 0) is 87.9 Å². The van der Waals surface area contributed by atoms with Crippen molar-refractivity contribution < 1.29 is 13.2 Å². The number of carbonyl (C=O) groups is 1. The van der Waals surface area contributed by atoms with Crippen molar-refractivity contribution >= 4 is 62.6 Å². The number of hydrogen-bond acceptors (Lipinski definition) is 4. The maximum atomic E-state index is 13.6. The van der Waals surface area contributed by atoms with Crippen LogP contribution in [0.15, 0.2) is 76.7 Å². The summed E-state index contributed by atoms with van der Waals surface area (Å²) >= 11 is 18.5. The number of halogens is 3. The second kappa shape index (κ2) is 12.1. The molecular weight excluding hydrogens is 591 g/mol. The fourth-order valence-corrected chi connectivity index (χ4v) is 6.59. The molecular formula is C29H27Cl3N4O3S. The molecule has 0 aliphatic rings. The molecule has 0 spiro atoms. The zero-order chi connectivity index (χ0) is 29.2. The summed E-state index contributed by atoms with van der Waals surface area (Å²) in [5.41, 5.74) is 7.64. The van der Waals surface area contributed by atoms with E-state index in [1.807, 2.05) is 31.4 Å². The first-order chi connectivity index (χ1) is 18.9. The lowest BCUT2D eigenvalue weighted by atomic mass is 10.2. The van der Waals surface area contributed by atoms with Crippen LogP contribution >= 0.6 is 34.8 Å². The Kier molecular flexibility index (Phi) is 8.95. The lowest BCUT2D eigenvalue weighted by Gasteiger charge is -2.25. The number of rotatable bonds is 8. The molecule has 0 atom stereocenters. The minimum Gasteiger partial charge on any atom is -0.318 e. The molecule has 3 aromatic carbocycles. The molecule has 0 aliphatic carbocycles. The zero-order valence-electron chi connectivity index (χ0n) is 22.2. The summed E-state index contributed by atoms with van der Waals surface area (Å²) in [6.45, 7) is 6.95. The number of carbonyl (C=O) groups excluding carboxylic acids is 1. The molecule has 4 rings (SSSR count). The first kappa shape index (κ1) is 29.7. The fraction of sp³-hybridized carbons (Fsp3) is 0.172. The number of nitrogens with one attached hydrogen (secondary N) is 1. The summed E-state index contributed by atoms with van der Waals surface area (Å²) in [7, 11) is -4.07. The number of benzene rings is 3. The summed E-state index contributed by atoms with van der Waals surface area (Å²) in [5.74, 6) is -0.614.